The molecule has 0 bridgehead atoms. The van der Waals surface area contributed by atoms with Crippen LogP contribution in [0.1, 0.15) is 60.5 Å². The van der Waals surface area contributed by atoms with Crippen molar-refractivity contribution in [2.24, 2.45) is 7.05 Å². The average Bonchev–Trinajstić information content (AvgIpc) is 3.26. The lowest BCUT2D eigenvalue weighted by Gasteiger charge is -2.17. The summed E-state index contributed by atoms with van der Waals surface area (Å²) < 4.78 is 12.7. The minimum Gasteiger partial charge on any atom is -0.371 e. The van der Waals surface area contributed by atoms with E-state index in [4.69, 9.17) is 9.26 Å². The van der Waals surface area contributed by atoms with E-state index >= 15 is 0 Å². The molecule has 23 heavy (non-hydrogen) atoms. The molecule has 0 saturated carbocycles. The second kappa shape index (κ2) is 6.54. The van der Waals surface area contributed by atoms with E-state index in [0.29, 0.717) is 6.61 Å². The first-order valence-electron chi connectivity index (χ1n) is 7.96. The van der Waals surface area contributed by atoms with Crippen molar-refractivity contribution in [1.29, 1.82) is 0 Å². The van der Waals surface area contributed by atoms with Gasteiger partial charge in [-0.25, -0.2) is 0 Å². The third-order valence-corrected chi connectivity index (χ3v) is 4.33. The Morgan fingerprint density at radius 2 is 2.39 bits per heavy atom. The Kier molecular flexibility index (Phi) is 4.47. The topological polar surface area (TPSA) is 82.2 Å². The zero-order valence-electron chi connectivity index (χ0n) is 13.7. The molecule has 7 heteroatoms. The molecule has 1 N–H and O–H groups in total. The van der Waals surface area contributed by atoms with E-state index in [1.807, 2.05) is 13.2 Å². The van der Waals surface area contributed by atoms with Gasteiger partial charge in [-0.15, -0.1) is 0 Å². The van der Waals surface area contributed by atoms with Crippen molar-refractivity contribution in [1.82, 2.24) is 20.3 Å². The molecule has 1 aliphatic heterocycles. The number of ether oxygens (including phenoxy) is 1. The van der Waals surface area contributed by atoms with Crippen molar-refractivity contribution in [2.75, 3.05) is 6.61 Å². The highest BCUT2D eigenvalue weighted by Crippen LogP contribution is 2.29. The number of aromatic nitrogens is 3. The van der Waals surface area contributed by atoms with Gasteiger partial charge in [-0.1, -0.05) is 19.0 Å². The third-order valence-electron chi connectivity index (χ3n) is 4.33. The summed E-state index contributed by atoms with van der Waals surface area (Å²) in [6, 6.07) is 1.63. The molecule has 0 aliphatic carbocycles. The Labute approximate surface area is 135 Å². The van der Waals surface area contributed by atoms with Crippen molar-refractivity contribution < 1.29 is 14.1 Å². The fourth-order valence-electron chi connectivity index (χ4n) is 2.73. The second-order valence-corrected chi connectivity index (χ2v) is 6.03. The first-order valence-corrected chi connectivity index (χ1v) is 7.96. The van der Waals surface area contributed by atoms with Crippen LogP contribution >= 0.6 is 0 Å². The van der Waals surface area contributed by atoms with Crippen LogP contribution in [-0.4, -0.2) is 33.5 Å². The van der Waals surface area contributed by atoms with E-state index in [-0.39, 0.29) is 29.7 Å². The fraction of sp³-hybridized carbons (Fsp3) is 0.562. The lowest BCUT2D eigenvalue weighted by Crippen LogP contribution is -2.36. The smallest absolute Gasteiger partial charge is 0.290 e. The van der Waals surface area contributed by atoms with Gasteiger partial charge in [0.05, 0.1) is 17.9 Å². The zero-order chi connectivity index (χ0) is 16.4. The largest absolute Gasteiger partial charge is 0.371 e. The summed E-state index contributed by atoms with van der Waals surface area (Å²) in [6.45, 7) is 4.75. The Balaban J connectivity index is 1.68. The maximum atomic E-state index is 12.4. The summed E-state index contributed by atoms with van der Waals surface area (Å²) in [5.41, 5.74) is 1.78. The van der Waals surface area contributed by atoms with Gasteiger partial charge in [-0.2, -0.15) is 5.10 Å². The molecule has 2 aromatic heterocycles. The van der Waals surface area contributed by atoms with Crippen LogP contribution in [0.2, 0.25) is 0 Å². The van der Waals surface area contributed by atoms with Gasteiger partial charge in [0.2, 0.25) is 5.76 Å². The summed E-state index contributed by atoms with van der Waals surface area (Å²) in [5.74, 6) is 0.270. The van der Waals surface area contributed by atoms with Crippen molar-refractivity contribution in [2.45, 2.75) is 44.8 Å². The highest BCUT2D eigenvalue weighted by molar-refractivity contribution is 5.91. The molecule has 7 nitrogen and oxygen atoms in total. The van der Waals surface area contributed by atoms with Gasteiger partial charge >= 0.3 is 0 Å². The number of hydrogen-bond acceptors (Lipinski definition) is 5. The Bertz CT molecular complexity index is 678. The molecule has 1 fully saturated rings. The molecular formula is C16H22N4O3. The van der Waals surface area contributed by atoms with Gasteiger partial charge in [-0.05, 0) is 12.8 Å². The van der Waals surface area contributed by atoms with Gasteiger partial charge in [0.1, 0.15) is 6.10 Å². The number of hydrogen-bond donors (Lipinski definition) is 1. The number of aryl methyl sites for hydroxylation is 1. The number of amides is 1. The summed E-state index contributed by atoms with van der Waals surface area (Å²) >= 11 is 0. The number of nitrogens with zero attached hydrogens (tertiary/aromatic N) is 3. The normalized spacial score (nSPS) is 22.2. The molecule has 0 spiro atoms. The molecule has 1 aliphatic rings. The van der Waals surface area contributed by atoms with E-state index in [1.165, 1.54) is 0 Å². The van der Waals surface area contributed by atoms with Crippen LogP contribution in [0.15, 0.2) is 23.0 Å². The highest BCUT2D eigenvalue weighted by Gasteiger charge is 2.32. The molecular weight excluding hydrogens is 296 g/mol. The molecule has 124 valence electrons. The molecule has 3 heterocycles. The molecule has 1 saturated heterocycles. The summed E-state index contributed by atoms with van der Waals surface area (Å²) in [7, 11) is 1.86. The molecule has 0 radical (unpaired) electrons. The summed E-state index contributed by atoms with van der Waals surface area (Å²) in [5, 5.41) is 11.1. The minimum absolute atomic E-state index is 0.0937. The van der Waals surface area contributed by atoms with Gasteiger partial charge < -0.3 is 14.6 Å². The lowest BCUT2D eigenvalue weighted by atomic mass is 10.0. The van der Waals surface area contributed by atoms with Crippen LogP contribution in [0.5, 0.6) is 0 Å². The highest BCUT2D eigenvalue weighted by atomic mass is 16.5. The van der Waals surface area contributed by atoms with E-state index in [0.717, 1.165) is 24.1 Å². The zero-order valence-corrected chi connectivity index (χ0v) is 13.7. The quantitative estimate of drug-likeness (QED) is 0.913. The van der Waals surface area contributed by atoms with Gasteiger partial charge in [0.25, 0.3) is 5.91 Å². The van der Waals surface area contributed by atoms with Gasteiger partial charge in [-0.3, -0.25) is 9.48 Å². The molecule has 0 aromatic carbocycles. The van der Waals surface area contributed by atoms with Gasteiger partial charge in [0, 0.05) is 37.4 Å². The second-order valence-electron chi connectivity index (χ2n) is 6.03. The Hall–Kier alpha value is -2.15. The summed E-state index contributed by atoms with van der Waals surface area (Å²) in [4.78, 5) is 12.4. The predicted molar refractivity (Wildman–Crippen MR) is 83.0 cm³/mol. The van der Waals surface area contributed by atoms with Crippen molar-refractivity contribution >= 4 is 5.91 Å². The lowest BCUT2D eigenvalue weighted by molar-refractivity contribution is 0.0794. The van der Waals surface area contributed by atoms with E-state index in [2.05, 4.69) is 29.4 Å². The summed E-state index contributed by atoms with van der Waals surface area (Å²) in [6.07, 6.45) is 5.21. The monoisotopic (exact) mass is 318 g/mol. The van der Waals surface area contributed by atoms with Crippen LogP contribution in [0.4, 0.5) is 0 Å². The Morgan fingerprint density at radius 1 is 1.57 bits per heavy atom. The molecule has 2 aromatic rings. The average molecular weight is 318 g/mol. The number of carbonyl (C=O) groups excluding carboxylic acids is 1. The standard InChI is InChI=1S/C16H22N4O3/c1-4-10(2)13-7-14(23-19-13)16(21)18-12-5-6-22-15(12)11-8-17-20(3)9-11/h7-10,12,15H,4-6H2,1-3H3,(H,18,21)/t10-,12+,15-/m1/s1. The SMILES string of the molecule is CC[C@@H](C)c1cc(C(=O)N[C@H]2CCO[C@@H]2c2cnn(C)c2)on1. The fourth-order valence-corrected chi connectivity index (χ4v) is 2.73. The van der Waals surface area contributed by atoms with E-state index in [9.17, 15) is 4.79 Å². The number of carbonyl (C=O) groups is 1. The van der Waals surface area contributed by atoms with E-state index in [1.54, 1.807) is 16.9 Å². The minimum atomic E-state index is -0.253. The van der Waals surface area contributed by atoms with Crippen LogP contribution in [0.3, 0.4) is 0 Å². The molecule has 1 amide bonds. The predicted octanol–water partition coefficient (Wildman–Crippen LogP) is 2.18. The van der Waals surface area contributed by atoms with Crippen molar-refractivity contribution in [3.63, 3.8) is 0 Å². The van der Waals surface area contributed by atoms with Crippen LogP contribution in [0.25, 0.3) is 0 Å². The Morgan fingerprint density at radius 3 is 3.09 bits per heavy atom. The van der Waals surface area contributed by atoms with Crippen LogP contribution < -0.4 is 5.32 Å². The molecule has 3 rings (SSSR count). The van der Waals surface area contributed by atoms with Crippen LogP contribution in [0, 0.1) is 0 Å². The first-order chi connectivity index (χ1) is 11.1. The number of rotatable bonds is 5. The first kappa shape index (κ1) is 15.7. The molecule has 3 atom stereocenters. The third kappa shape index (κ3) is 3.29. The van der Waals surface area contributed by atoms with E-state index < -0.39 is 0 Å². The van der Waals surface area contributed by atoms with Crippen molar-refractivity contribution in [3.05, 3.63) is 35.5 Å². The van der Waals surface area contributed by atoms with Crippen LogP contribution in [-0.2, 0) is 11.8 Å². The number of nitrogens with one attached hydrogen (secondary N) is 1. The maximum Gasteiger partial charge on any atom is 0.290 e. The van der Waals surface area contributed by atoms with Gasteiger partial charge in [0.15, 0.2) is 0 Å². The van der Waals surface area contributed by atoms with Crippen molar-refractivity contribution in [3.8, 4) is 0 Å². The maximum absolute atomic E-state index is 12.4. The molecule has 0 unspecified atom stereocenters.